The third-order valence-corrected chi connectivity index (χ3v) is 3.47. The molecule has 3 nitrogen and oxygen atoms in total. The lowest BCUT2D eigenvalue weighted by molar-refractivity contribution is -0.128. The molecule has 1 aromatic carbocycles. The van der Waals surface area contributed by atoms with Gasteiger partial charge in [-0.25, -0.2) is 0 Å². The van der Waals surface area contributed by atoms with Crippen molar-refractivity contribution in [3.63, 3.8) is 0 Å². The van der Waals surface area contributed by atoms with Gasteiger partial charge in [0.05, 0.1) is 5.54 Å². The van der Waals surface area contributed by atoms with Gasteiger partial charge in [-0.15, -0.1) is 0 Å². The minimum atomic E-state index is -0.463. The summed E-state index contributed by atoms with van der Waals surface area (Å²) in [5.74, 6) is -0.221. The predicted octanol–water partition coefficient (Wildman–Crippen LogP) is 1.75. The number of amides is 1. The Kier molecular flexibility index (Phi) is 2.97. The molecule has 16 heavy (non-hydrogen) atoms. The average molecular weight is 218 g/mol. The van der Waals surface area contributed by atoms with Crippen molar-refractivity contribution in [2.75, 3.05) is 0 Å². The fraction of sp³-hybridized carbons (Fsp3) is 0.462. The molecular formula is C13H18N2O. The number of rotatable bonds is 4. The first kappa shape index (κ1) is 11.1. The van der Waals surface area contributed by atoms with Crippen LogP contribution in [0.5, 0.6) is 0 Å². The van der Waals surface area contributed by atoms with E-state index in [0.717, 1.165) is 19.3 Å². The van der Waals surface area contributed by atoms with E-state index in [1.807, 2.05) is 18.2 Å². The Labute approximate surface area is 96.0 Å². The zero-order chi connectivity index (χ0) is 11.6. The van der Waals surface area contributed by atoms with E-state index in [1.165, 1.54) is 5.56 Å². The number of carbonyl (C=O) groups is 1. The van der Waals surface area contributed by atoms with Gasteiger partial charge in [0.15, 0.2) is 0 Å². The van der Waals surface area contributed by atoms with Crippen LogP contribution in [0.2, 0.25) is 0 Å². The Hall–Kier alpha value is -1.35. The highest BCUT2D eigenvalue weighted by atomic mass is 16.1. The van der Waals surface area contributed by atoms with Crippen LogP contribution in [0, 0.1) is 0 Å². The molecule has 1 unspecified atom stereocenters. The van der Waals surface area contributed by atoms with Crippen molar-refractivity contribution in [3.05, 3.63) is 35.9 Å². The van der Waals surface area contributed by atoms with Gasteiger partial charge < -0.3 is 5.73 Å². The zero-order valence-corrected chi connectivity index (χ0v) is 9.57. The Morgan fingerprint density at radius 3 is 2.44 bits per heavy atom. The van der Waals surface area contributed by atoms with Gasteiger partial charge in [-0.05, 0) is 31.7 Å². The lowest BCUT2D eigenvalue weighted by Gasteiger charge is -2.41. The Morgan fingerprint density at radius 2 is 2.00 bits per heavy atom. The number of primary amides is 1. The molecule has 0 spiro atoms. The lowest BCUT2D eigenvalue weighted by atomic mass is 9.75. The standard InChI is InChI=1S/C13H18N2O/c1-10(11-6-3-2-4-7-11)15-13(12(14)16)8-5-9-13/h2-4,6-7,10,15H,5,8-9H2,1H3,(H2,14,16). The van der Waals surface area contributed by atoms with Crippen molar-refractivity contribution in [1.82, 2.24) is 5.32 Å². The van der Waals surface area contributed by atoms with Crippen LogP contribution >= 0.6 is 0 Å². The second-order valence-corrected chi connectivity index (χ2v) is 4.58. The van der Waals surface area contributed by atoms with E-state index in [4.69, 9.17) is 5.73 Å². The molecule has 0 aliphatic heterocycles. The molecule has 1 atom stereocenters. The molecule has 1 fully saturated rings. The van der Waals surface area contributed by atoms with E-state index in [1.54, 1.807) is 0 Å². The summed E-state index contributed by atoms with van der Waals surface area (Å²) in [5.41, 5.74) is 6.18. The molecule has 1 saturated carbocycles. The normalized spacial score (nSPS) is 19.8. The quantitative estimate of drug-likeness (QED) is 0.809. The summed E-state index contributed by atoms with van der Waals surface area (Å²) in [6.07, 6.45) is 2.80. The SMILES string of the molecule is CC(NC1(C(N)=O)CCC1)c1ccccc1. The van der Waals surface area contributed by atoms with E-state index in [0.29, 0.717) is 0 Å². The Balaban J connectivity index is 2.07. The van der Waals surface area contributed by atoms with Gasteiger partial charge in [-0.2, -0.15) is 0 Å². The maximum atomic E-state index is 11.4. The summed E-state index contributed by atoms with van der Waals surface area (Å²) in [5, 5.41) is 3.37. The first-order chi connectivity index (χ1) is 7.64. The van der Waals surface area contributed by atoms with Crippen LogP contribution in [0.15, 0.2) is 30.3 Å². The summed E-state index contributed by atoms with van der Waals surface area (Å²) >= 11 is 0. The maximum absolute atomic E-state index is 11.4. The fourth-order valence-corrected chi connectivity index (χ4v) is 2.23. The monoisotopic (exact) mass is 218 g/mol. The molecular weight excluding hydrogens is 200 g/mol. The van der Waals surface area contributed by atoms with Gasteiger partial charge in [0, 0.05) is 6.04 Å². The van der Waals surface area contributed by atoms with Crippen LogP contribution < -0.4 is 11.1 Å². The molecule has 3 heteroatoms. The van der Waals surface area contributed by atoms with E-state index >= 15 is 0 Å². The second-order valence-electron chi connectivity index (χ2n) is 4.58. The minimum absolute atomic E-state index is 0.161. The van der Waals surface area contributed by atoms with Crippen molar-refractivity contribution >= 4 is 5.91 Å². The van der Waals surface area contributed by atoms with Crippen LogP contribution in [0.3, 0.4) is 0 Å². The highest BCUT2D eigenvalue weighted by Gasteiger charge is 2.43. The van der Waals surface area contributed by atoms with Gasteiger partial charge in [-0.3, -0.25) is 10.1 Å². The van der Waals surface area contributed by atoms with E-state index in [-0.39, 0.29) is 11.9 Å². The van der Waals surface area contributed by atoms with Crippen molar-refractivity contribution in [3.8, 4) is 0 Å². The molecule has 1 aliphatic rings. The zero-order valence-electron chi connectivity index (χ0n) is 9.57. The van der Waals surface area contributed by atoms with Gasteiger partial charge in [0.2, 0.25) is 5.91 Å². The molecule has 86 valence electrons. The number of hydrogen-bond donors (Lipinski definition) is 2. The van der Waals surface area contributed by atoms with Crippen molar-refractivity contribution in [2.24, 2.45) is 5.73 Å². The summed E-state index contributed by atoms with van der Waals surface area (Å²) in [4.78, 5) is 11.4. The van der Waals surface area contributed by atoms with Crippen LogP contribution in [0.1, 0.15) is 37.8 Å². The van der Waals surface area contributed by atoms with Crippen molar-refractivity contribution in [2.45, 2.75) is 37.8 Å². The lowest BCUT2D eigenvalue weighted by Crippen LogP contribution is -2.60. The van der Waals surface area contributed by atoms with Crippen LogP contribution in [-0.4, -0.2) is 11.4 Å². The number of nitrogens with one attached hydrogen (secondary N) is 1. The van der Waals surface area contributed by atoms with Gasteiger partial charge in [0.25, 0.3) is 0 Å². The van der Waals surface area contributed by atoms with E-state index < -0.39 is 5.54 Å². The van der Waals surface area contributed by atoms with Crippen molar-refractivity contribution < 1.29 is 4.79 Å². The van der Waals surface area contributed by atoms with Crippen LogP contribution in [-0.2, 0) is 4.79 Å². The molecule has 0 heterocycles. The first-order valence-corrected chi connectivity index (χ1v) is 5.77. The summed E-state index contributed by atoms with van der Waals surface area (Å²) in [6.45, 7) is 2.07. The van der Waals surface area contributed by atoms with Crippen LogP contribution in [0.4, 0.5) is 0 Å². The summed E-state index contributed by atoms with van der Waals surface area (Å²) in [6, 6.07) is 10.3. The van der Waals surface area contributed by atoms with Crippen molar-refractivity contribution in [1.29, 1.82) is 0 Å². The molecule has 0 saturated heterocycles. The highest BCUT2D eigenvalue weighted by molar-refractivity contribution is 5.85. The highest BCUT2D eigenvalue weighted by Crippen LogP contribution is 2.33. The average Bonchev–Trinajstić information content (AvgIpc) is 2.24. The summed E-state index contributed by atoms with van der Waals surface area (Å²) in [7, 11) is 0. The molecule has 1 aliphatic carbocycles. The third-order valence-electron chi connectivity index (χ3n) is 3.47. The van der Waals surface area contributed by atoms with Gasteiger partial charge >= 0.3 is 0 Å². The number of carbonyl (C=O) groups excluding carboxylic acids is 1. The predicted molar refractivity (Wildman–Crippen MR) is 63.8 cm³/mol. The number of benzene rings is 1. The van der Waals surface area contributed by atoms with Crippen LogP contribution in [0.25, 0.3) is 0 Å². The fourth-order valence-electron chi connectivity index (χ4n) is 2.23. The molecule has 2 rings (SSSR count). The molecule has 0 bridgehead atoms. The molecule has 0 aromatic heterocycles. The second kappa shape index (κ2) is 4.26. The van der Waals surface area contributed by atoms with E-state index in [9.17, 15) is 4.79 Å². The molecule has 3 N–H and O–H groups in total. The topological polar surface area (TPSA) is 55.1 Å². The minimum Gasteiger partial charge on any atom is -0.368 e. The maximum Gasteiger partial charge on any atom is 0.237 e. The first-order valence-electron chi connectivity index (χ1n) is 5.77. The van der Waals surface area contributed by atoms with Gasteiger partial charge in [-0.1, -0.05) is 30.3 Å². The number of hydrogen-bond acceptors (Lipinski definition) is 2. The third kappa shape index (κ3) is 1.95. The largest absolute Gasteiger partial charge is 0.368 e. The Morgan fingerprint density at radius 1 is 1.38 bits per heavy atom. The van der Waals surface area contributed by atoms with E-state index in [2.05, 4.69) is 24.4 Å². The molecule has 0 radical (unpaired) electrons. The van der Waals surface area contributed by atoms with Gasteiger partial charge in [0.1, 0.15) is 0 Å². The summed E-state index contributed by atoms with van der Waals surface area (Å²) < 4.78 is 0. The Bertz CT molecular complexity index is 371. The number of nitrogens with two attached hydrogens (primary N) is 1. The molecule has 1 aromatic rings. The molecule has 1 amide bonds. The smallest absolute Gasteiger partial charge is 0.237 e.